The molecule has 7 atom stereocenters. The van der Waals surface area contributed by atoms with E-state index in [0.29, 0.717) is 36.8 Å². The van der Waals surface area contributed by atoms with Gasteiger partial charge in [0.15, 0.2) is 5.96 Å². The largest absolute Gasteiger partial charge is 0.480 e. The Morgan fingerprint density at radius 2 is 1.50 bits per heavy atom. The van der Waals surface area contributed by atoms with E-state index in [4.69, 9.17) is 11.1 Å². The fourth-order valence-electron chi connectivity index (χ4n) is 9.68. The molecule has 6 amide bonds. The van der Waals surface area contributed by atoms with Crippen LogP contribution in [0.4, 0.5) is 0 Å². The first-order valence-corrected chi connectivity index (χ1v) is 24.6. The number of hydrogen-bond donors (Lipinski definition) is 14. The molecule has 23 nitrogen and oxygen atoms in total. The highest BCUT2D eigenvalue weighted by atomic mass is 16.4. The first kappa shape index (κ1) is 54.2. The third kappa shape index (κ3) is 16.0. The average Bonchev–Trinajstić information content (AvgIpc) is 3.98. The lowest BCUT2D eigenvalue weighted by Gasteiger charge is -2.33. The maximum absolute atomic E-state index is 15.0. The van der Waals surface area contributed by atoms with Crippen molar-refractivity contribution in [3.63, 3.8) is 0 Å². The molecule has 72 heavy (non-hydrogen) atoms. The number of rotatable bonds is 18. The quantitative estimate of drug-likeness (QED) is 0.0400. The summed E-state index contributed by atoms with van der Waals surface area (Å²) in [5, 5.41) is 60.3. The number of amides is 6. The predicted molar refractivity (Wildman–Crippen MR) is 263 cm³/mol. The Morgan fingerprint density at radius 1 is 0.819 bits per heavy atom. The molecular weight excluding hydrogens is 933 g/mol. The van der Waals surface area contributed by atoms with Gasteiger partial charge in [-0.1, -0.05) is 48.5 Å². The summed E-state index contributed by atoms with van der Waals surface area (Å²) in [5.74, 6) is -6.99. The smallest absolute Gasteiger partial charge is 0.317 e. The van der Waals surface area contributed by atoms with Crippen LogP contribution in [0.1, 0.15) is 75.3 Å². The van der Waals surface area contributed by atoms with Crippen LogP contribution in [-0.4, -0.2) is 160 Å². The number of benzene rings is 2. The molecule has 2 aromatic carbocycles. The fourth-order valence-corrected chi connectivity index (χ4v) is 9.68. The van der Waals surface area contributed by atoms with Crippen molar-refractivity contribution < 1.29 is 53.7 Å². The molecule has 0 spiro atoms. The number of hydrogen-bond acceptors (Lipinski definition) is 12. The predicted octanol–water partition coefficient (Wildman–Crippen LogP) is -1.31. The maximum Gasteiger partial charge on any atom is 0.317 e. The van der Waals surface area contributed by atoms with Crippen molar-refractivity contribution in [1.29, 1.82) is 5.41 Å². The van der Waals surface area contributed by atoms with Gasteiger partial charge in [-0.25, -0.2) is 0 Å². The standard InChI is InChI=1S/C49H68N12O11/c50-49(51)53-19-6-12-35-43(67)52-18-7-13-36(58-44(68)37(56-26-42(65)66)20-28-8-2-1-3-9-28)48(72)61-27-31(54-25-41(63)64)23-40(61)47(71)60-38(21-29-14-16-32(62)17-15-29)45(69)59-39(46(70)57-35)22-30-24-55-34-11-5-4-10-33(30)34/h1-5,8-11,24,29,31-32,35-40,54-56,62H,6-7,12-23,25-27H2,(H,52,67)(H,57,70)(H,58,68)(H,59,69)(H,60,71)(H,63,64)(H,65,66)(H4,50,51,53)/t29-,31-,32+,35-,36-,37-,38+,39-,40-/m0/s1. The molecule has 3 aromatic rings. The van der Waals surface area contributed by atoms with Crippen LogP contribution in [0, 0.1) is 11.3 Å². The van der Waals surface area contributed by atoms with Gasteiger partial charge < -0.3 is 68.2 Å². The molecule has 0 bridgehead atoms. The van der Waals surface area contributed by atoms with Gasteiger partial charge >= 0.3 is 11.9 Å². The van der Waals surface area contributed by atoms with Gasteiger partial charge in [-0.15, -0.1) is 0 Å². The van der Waals surface area contributed by atoms with E-state index in [1.54, 1.807) is 36.5 Å². The van der Waals surface area contributed by atoms with Gasteiger partial charge in [0, 0.05) is 49.2 Å². The number of H-pyrrole nitrogens is 1. The summed E-state index contributed by atoms with van der Waals surface area (Å²) >= 11 is 0. The number of nitrogens with two attached hydrogens (primary N) is 1. The normalized spacial score (nSPS) is 25.1. The van der Waals surface area contributed by atoms with E-state index in [9.17, 15) is 53.7 Å². The first-order valence-electron chi connectivity index (χ1n) is 24.6. The molecule has 3 heterocycles. The van der Waals surface area contributed by atoms with E-state index in [1.165, 1.54) is 4.90 Å². The number of aromatic nitrogens is 1. The summed E-state index contributed by atoms with van der Waals surface area (Å²) < 4.78 is 0. The summed E-state index contributed by atoms with van der Waals surface area (Å²) in [5.41, 5.74) is 7.67. The highest BCUT2D eigenvalue weighted by molar-refractivity contribution is 5.97. The maximum atomic E-state index is 15.0. The van der Waals surface area contributed by atoms with Gasteiger partial charge in [0.05, 0.1) is 25.2 Å². The number of para-hydroxylation sites is 1. The Bertz CT molecular complexity index is 2390. The summed E-state index contributed by atoms with van der Waals surface area (Å²) in [6.45, 7) is -1.09. The number of nitrogens with zero attached hydrogens (tertiary/aromatic N) is 1. The summed E-state index contributed by atoms with van der Waals surface area (Å²) in [7, 11) is 0. The van der Waals surface area contributed by atoms with Gasteiger partial charge in [0.2, 0.25) is 35.4 Å². The molecule has 1 saturated carbocycles. The first-order chi connectivity index (χ1) is 34.5. The van der Waals surface area contributed by atoms with Gasteiger partial charge in [-0.05, 0) is 93.7 Å². The van der Waals surface area contributed by atoms with Gasteiger partial charge in [0.25, 0.3) is 0 Å². The highest BCUT2D eigenvalue weighted by Gasteiger charge is 2.44. The number of nitrogens with one attached hydrogen (secondary N) is 10. The number of carbonyl (C=O) groups excluding carboxylic acids is 6. The van der Waals surface area contributed by atoms with Crippen LogP contribution in [0.15, 0.2) is 60.8 Å². The third-order valence-corrected chi connectivity index (χ3v) is 13.5. The zero-order valence-corrected chi connectivity index (χ0v) is 40.1. The molecule has 0 unspecified atom stereocenters. The molecule has 2 saturated heterocycles. The number of aliphatic carboxylic acids is 2. The lowest BCUT2D eigenvalue weighted by molar-refractivity contribution is -0.143. The number of carboxylic acids is 2. The number of guanidine groups is 1. The number of aliphatic hydroxyl groups excluding tert-OH is 1. The minimum absolute atomic E-state index is 0.0227. The molecule has 2 aliphatic heterocycles. The number of carbonyl (C=O) groups is 8. The fraction of sp³-hybridized carbons (Fsp3) is 0.531. The van der Waals surface area contributed by atoms with Gasteiger partial charge in [0.1, 0.15) is 30.2 Å². The molecule has 3 aliphatic rings. The Hall–Kier alpha value is -7.11. The molecule has 23 heteroatoms. The third-order valence-electron chi connectivity index (χ3n) is 13.5. The van der Waals surface area contributed by atoms with Crippen LogP contribution >= 0.6 is 0 Å². The monoisotopic (exact) mass is 1000 g/mol. The van der Waals surface area contributed by atoms with E-state index in [1.807, 2.05) is 24.3 Å². The Balaban J connectivity index is 1.36. The molecule has 1 aromatic heterocycles. The Labute approximate surface area is 416 Å². The second-order valence-electron chi connectivity index (χ2n) is 18.9. The van der Waals surface area contributed by atoms with Crippen LogP contribution in [0.2, 0.25) is 0 Å². The Kier molecular flexibility index (Phi) is 19.9. The molecular formula is C49H68N12O11. The lowest BCUT2D eigenvalue weighted by atomic mass is 9.83. The topological polar surface area (TPSA) is 362 Å². The van der Waals surface area contributed by atoms with Crippen molar-refractivity contribution in [2.45, 2.75) is 125 Å². The van der Waals surface area contributed by atoms with E-state index >= 15 is 0 Å². The zero-order valence-electron chi connectivity index (χ0n) is 40.1. The minimum atomic E-state index is -1.35. The lowest BCUT2D eigenvalue weighted by Crippen LogP contribution is -2.60. The van der Waals surface area contributed by atoms with Crippen molar-refractivity contribution in [3.05, 3.63) is 71.9 Å². The second kappa shape index (κ2) is 26.4. The zero-order chi connectivity index (χ0) is 51.7. The van der Waals surface area contributed by atoms with Gasteiger partial charge in [-0.2, -0.15) is 0 Å². The number of carboxylic acid groups (broad SMARTS) is 2. The van der Waals surface area contributed by atoms with Crippen LogP contribution in [0.3, 0.4) is 0 Å². The van der Waals surface area contributed by atoms with Crippen LogP contribution in [0.5, 0.6) is 0 Å². The molecule has 3 fully saturated rings. The minimum Gasteiger partial charge on any atom is -0.480 e. The van der Waals surface area contributed by atoms with Crippen LogP contribution in [-0.2, 0) is 51.2 Å². The Morgan fingerprint density at radius 3 is 2.22 bits per heavy atom. The molecule has 6 rings (SSSR count). The molecule has 390 valence electrons. The van der Waals surface area contributed by atoms with Crippen molar-refractivity contribution in [3.8, 4) is 0 Å². The van der Waals surface area contributed by atoms with E-state index in [-0.39, 0.29) is 82.9 Å². The molecule has 1 aliphatic carbocycles. The average molecular weight is 1000 g/mol. The van der Waals surface area contributed by atoms with E-state index < -0.39 is 109 Å². The number of aliphatic hydroxyl groups is 1. The summed E-state index contributed by atoms with van der Waals surface area (Å²) in [6, 6.07) is 8.05. The van der Waals surface area contributed by atoms with Crippen molar-refractivity contribution in [1.82, 2.24) is 52.4 Å². The highest BCUT2D eigenvalue weighted by Crippen LogP contribution is 2.29. The van der Waals surface area contributed by atoms with Crippen molar-refractivity contribution in [2.24, 2.45) is 11.7 Å². The summed E-state index contributed by atoms with van der Waals surface area (Å²) in [6.07, 6.45) is 3.64. The number of fused-ring (bicyclic) bond motifs is 2. The van der Waals surface area contributed by atoms with Crippen LogP contribution in [0.25, 0.3) is 10.9 Å². The van der Waals surface area contributed by atoms with Crippen molar-refractivity contribution >= 4 is 64.2 Å². The second-order valence-corrected chi connectivity index (χ2v) is 18.9. The van der Waals surface area contributed by atoms with Gasteiger partial charge in [-0.3, -0.25) is 49.1 Å². The SMILES string of the molecule is N=C(N)NCCC[C@@H]1NC(=O)[C@H](Cc2c[nH]c3ccccc23)NC(=O)[C@@H](C[C@H]2CC[C@@H](O)CC2)NC(=O)[C@@H]2C[C@H](NCC(=O)O)CN2C(=O)[C@@H](NC(=O)[C@H](Cc2ccccc2)NCC(=O)O)CCCNC1=O. The van der Waals surface area contributed by atoms with E-state index in [2.05, 4.69) is 47.5 Å². The van der Waals surface area contributed by atoms with Crippen molar-refractivity contribution in [2.75, 3.05) is 32.7 Å². The van der Waals surface area contributed by atoms with Crippen LogP contribution < -0.4 is 48.3 Å². The van der Waals surface area contributed by atoms with E-state index in [0.717, 1.165) is 10.9 Å². The molecule has 15 N–H and O–H groups in total. The summed E-state index contributed by atoms with van der Waals surface area (Å²) in [4.78, 5) is 115. The molecule has 0 radical (unpaired) electrons. The number of aromatic amines is 1.